The molecule has 31 heavy (non-hydrogen) atoms. The van der Waals surface area contributed by atoms with Crippen LogP contribution in [-0.4, -0.2) is 38.5 Å². The first-order valence-electron chi connectivity index (χ1n) is 10.6. The first-order valence-corrected chi connectivity index (χ1v) is 12.0. The summed E-state index contributed by atoms with van der Waals surface area (Å²) in [6.07, 6.45) is 4.72. The molecular formula is C23H26FNO5S. The number of para-hydroxylation sites is 1. The van der Waals surface area contributed by atoms with Gasteiger partial charge in [0.1, 0.15) is 16.5 Å². The molecule has 1 saturated carbocycles. The molecule has 0 aromatic heterocycles. The van der Waals surface area contributed by atoms with Crippen molar-refractivity contribution in [3.63, 3.8) is 0 Å². The van der Waals surface area contributed by atoms with Crippen LogP contribution in [-0.2, 0) is 26.2 Å². The number of carbonyl (C=O) groups excluding carboxylic acids is 1. The van der Waals surface area contributed by atoms with Crippen molar-refractivity contribution in [2.45, 2.75) is 49.6 Å². The fourth-order valence-electron chi connectivity index (χ4n) is 3.87. The average Bonchev–Trinajstić information content (AvgIpc) is 3.21. The van der Waals surface area contributed by atoms with Gasteiger partial charge in [0.05, 0.1) is 6.10 Å². The lowest BCUT2D eigenvalue weighted by atomic mass is 9.84. The van der Waals surface area contributed by atoms with Crippen LogP contribution in [0.4, 0.5) is 4.39 Å². The lowest BCUT2D eigenvalue weighted by Gasteiger charge is -2.33. The van der Waals surface area contributed by atoms with Crippen LogP contribution in [0.15, 0.2) is 53.4 Å². The number of ether oxygens (including phenoxy) is 1. The standard InChI is InChI=1S/C23H26FNO5S/c24-19-10-12-21(13-11-19)31(27,28)30-22-9-2-1-5-18(22)15-25(16-20-8-4-14-29-20)23(26)17-6-3-7-17/h1-2,5,9-13,17,20H,3-4,6-8,14-16H2/t20-/m0/s1. The molecule has 1 aliphatic heterocycles. The van der Waals surface area contributed by atoms with E-state index in [-0.39, 0.29) is 35.1 Å². The van der Waals surface area contributed by atoms with E-state index in [1.165, 1.54) is 0 Å². The summed E-state index contributed by atoms with van der Waals surface area (Å²) in [5.74, 6) is -0.264. The number of hydrogen-bond donors (Lipinski definition) is 0. The molecule has 0 unspecified atom stereocenters. The zero-order valence-corrected chi connectivity index (χ0v) is 18.0. The number of amides is 1. The number of carbonyl (C=O) groups is 1. The van der Waals surface area contributed by atoms with Gasteiger partial charge in [-0.05, 0) is 56.0 Å². The highest BCUT2D eigenvalue weighted by Crippen LogP contribution is 2.31. The quantitative estimate of drug-likeness (QED) is 0.574. The predicted octanol–water partition coefficient (Wildman–Crippen LogP) is 3.90. The van der Waals surface area contributed by atoms with Crippen LogP contribution in [0.5, 0.6) is 5.75 Å². The maximum absolute atomic E-state index is 13.2. The summed E-state index contributed by atoms with van der Waals surface area (Å²) in [7, 11) is -4.14. The van der Waals surface area contributed by atoms with E-state index in [0.717, 1.165) is 56.4 Å². The van der Waals surface area contributed by atoms with E-state index >= 15 is 0 Å². The summed E-state index contributed by atoms with van der Waals surface area (Å²) < 4.78 is 49.7. The molecule has 0 radical (unpaired) electrons. The number of rotatable bonds is 8. The van der Waals surface area contributed by atoms with E-state index in [4.69, 9.17) is 8.92 Å². The molecule has 1 amide bonds. The predicted molar refractivity (Wildman–Crippen MR) is 112 cm³/mol. The van der Waals surface area contributed by atoms with Crippen molar-refractivity contribution in [2.24, 2.45) is 5.92 Å². The largest absolute Gasteiger partial charge is 0.379 e. The van der Waals surface area contributed by atoms with E-state index < -0.39 is 15.9 Å². The van der Waals surface area contributed by atoms with Crippen molar-refractivity contribution < 1.29 is 26.5 Å². The summed E-state index contributed by atoms with van der Waals surface area (Å²) in [5.41, 5.74) is 0.596. The van der Waals surface area contributed by atoms with Crippen molar-refractivity contribution in [2.75, 3.05) is 13.2 Å². The topological polar surface area (TPSA) is 72.9 Å². The summed E-state index contributed by atoms with van der Waals surface area (Å²) >= 11 is 0. The Balaban J connectivity index is 1.55. The molecule has 0 N–H and O–H groups in total. The minimum atomic E-state index is -4.14. The van der Waals surface area contributed by atoms with Crippen LogP contribution in [0.3, 0.4) is 0 Å². The molecule has 1 saturated heterocycles. The molecule has 2 aliphatic rings. The molecule has 1 heterocycles. The zero-order chi connectivity index (χ0) is 21.8. The average molecular weight is 448 g/mol. The van der Waals surface area contributed by atoms with Gasteiger partial charge in [0, 0.05) is 31.2 Å². The molecule has 6 nitrogen and oxygen atoms in total. The van der Waals surface area contributed by atoms with E-state index in [2.05, 4.69) is 0 Å². The van der Waals surface area contributed by atoms with Gasteiger partial charge in [0.2, 0.25) is 5.91 Å². The van der Waals surface area contributed by atoms with Crippen LogP contribution in [0, 0.1) is 11.7 Å². The van der Waals surface area contributed by atoms with Crippen LogP contribution in [0.2, 0.25) is 0 Å². The van der Waals surface area contributed by atoms with Crippen LogP contribution >= 0.6 is 0 Å². The van der Waals surface area contributed by atoms with E-state index in [1.54, 1.807) is 29.2 Å². The molecule has 2 aromatic rings. The molecule has 8 heteroatoms. The van der Waals surface area contributed by atoms with Gasteiger partial charge in [0.25, 0.3) is 0 Å². The van der Waals surface area contributed by atoms with Gasteiger partial charge >= 0.3 is 10.1 Å². The number of benzene rings is 2. The second kappa shape index (κ2) is 9.36. The van der Waals surface area contributed by atoms with Crippen LogP contribution in [0.25, 0.3) is 0 Å². The van der Waals surface area contributed by atoms with Crippen LogP contribution in [0.1, 0.15) is 37.7 Å². The minimum Gasteiger partial charge on any atom is -0.379 e. The van der Waals surface area contributed by atoms with E-state index in [0.29, 0.717) is 18.7 Å². The first kappa shape index (κ1) is 21.8. The van der Waals surface area contributed by atoms with E-state index in [1.807, 2.05) is 0 Å². The Morgan fingerprint density at radius 3 is 2.45 bits per heavy atom. The van der Waals surface area contributed by atoms with Crippen LogP contribution < -0.4 is 4.18 Å². The molecule has 166 valence electrons. The summed E-state index contributed by atoms with van der Waals surface area (Å²) in [6, 6.07) is 11.3. The summed E-state index contributed by atoms with van der Waals surface area (Å²) in [6.45, 7) is 1.42. The highest BCUT2D eigenvalue weighted by Gasteiger charge is 2.32. The smallest absolute Gasteiger partial charge is 0.339 e. The molecule has 1 aliphatic carbocycles. The molecule has 0 bridgehead atoms. The fraction of sp³-hybridized carbons (Fsp3) is 0.435. The van der Waals surface area contributed by atoms with E-state index in [9.17, 15) is 17.6 Å². The van der Waals surface area contributed by atoms with Crippen molar-refractivity contribution in [3.8, 4) is 5.75 Å². The van der Waals surface area contributed by atoms with Gasteiger partial charge in [-0.2, -0.15) is 8.42 Å². The van der Waals surface area contributed by atoms with Gasteiger partial charge in [-0.3, -0.25) is 4.79 Å². The Kier molecular flexibility index (Phi) is 6.57. The second-order valence-corrected chi connectivity index (χ2v) is 9.63. The first-order chi connectivity index (χ1) is 14.9. The Morgan fingerprint density at radius 1 is 1.06 bits per heavy atom. The Labute approximate surface area is 182 Å². The molecule has 0 spiro atoms. The number of hydrogen-bond acceptors (Lipinski definition) is 5. The molecule has 2 fully saturated rings. The molecule has 2 aromatic carbocycles. The van der Waals surface area contributed by atoms with Gasteiger partial charge < -0.3 is 13.8 Å². The third-order valence-electron chi connectivity index (χ3n) is 5.85. The maximum atomic E-state index is 13.2. The maximum Gasteiger partial charge on any atom is 0.339 e. The van der Waals surface area contributed by atoms with Gasteiger partial charge in [0.15, 0.2) is 0 Å². The Bertz CT molecular complexity index is 1010. The van der Waals surface area contributed by atoms with Crippen molar-refractivity contribution in [3.05, 3.63) is 59.9 Å². The van der Waals surface area contributed by atoms with Crippen molar-refractivity contribution in [1.82, 2.24) is 4.90 Å². The Morgan fingerprint density at radius 2 is 1.81 bits per heavy atom. The normalized spacial score (nSPS) is 19.1. The molecule has 1 atom stereocenters. The second-order valence-electron chi connectivity index (χ2n) is 8.08. The number of halogens is 1. The minimum absolute atomic E-state index is 0.0000509. The highest BCUT2D eigenvalue weighted by molar-refractivity contribution is 7.87. The van der Waals surface area contributed by atoms with Crippen molar-refractivity contribution in [1.29, 1.82) is 0 Å². The lowest BCUT2D eigenvalue weighted by molar-refractivity contribution is -0.140. The third-order valence-corrected chi connectivity index (χ3v) is 7.10. The number of nitrogens with zero attached hydrogens (tertiary/aromatic N) is 1. The molecular weight excluding hydrogens is 421 g/mol. The summed E-state index contributed by atoms with van der Waals surface area (Å²) in [5, 5.41) is 0. The third kappa shape index (κ3) is 5.25. The molecule has 4 rings (SSSR count). The van der Waals surface area contributed by atoms with Crippen molar-refractivity contribution >= 4 is 16.0 Å². The van der Waals surface area contributed by atoms with Gasteiger partial charge in [-0.25, -0.2) is 4.39 Å². The highest BCUT2D eigenvalue weighted by atomic mass is 32.2. The Hall–Kier alpha value is -2.45. The van der Waals surface area contributed by atoms with Gasteiger partial charge in [-0.15, -0.1) is 0 Å². The van der Waals surface area contributed by atoms with Gasteiger partial charge in [-0.1, -0.05) is 24.6 Å². The monoisotopic (exact) mass is 447 g/mol. The zero-order valence-electron chi connectivity index (χ0n) is 17.2. The fourth-order valence-corrected chi connectivity index (χ4v) is 4.83. The lowest BCUT2D eigenvalue weighted by Crippen LogP contribution is -2.42. The SMILES string of the molecule is O=C(C1CCC1)N(Cc1ccccc1OS(=O)(=O)c1ccc(F)cc1)C[C@@H]1CCCO1. The summed E-state index contributed by atoms with van der Waals surface area (Å²) in [4.78, 5) is 14.7.